The lowest BCUT2D eigenvalue weighted by Gasteiger charge is -2.53. The minimum atomic E-state index is -2.43. The molecule has 0 aromatic carbocycles. The van der Waals surface area contributed by atoms with Gasteiger partial charge in [-0.1, -0.05) is 0 Å². The highest BCUT2D eigenvalue weighted by atomic mass is 28.4. The summed E-state index contributed by atoms with van der Waals surface area (Å²) in [6.07, 6.45) is -9.23. The summed E-state index contributed by atoms with van der Waals surface area (Å²) in [5.41, 5.74) is 0. The Morgan fingerprint density at radius 2 is 0.623 bits per heavy atom. The fourth-order valence-electron chi connectivity index (χ4n) is 9.03. The summed E-state index contributed by atoms with van der Waals surface area (Å²) in [5.74, 6) is -1.54. The van der Waals surface area contributed by atoms with E-state index in [0.717, 1.165) is 0 Å². The molecule has 3 unspecified atom stereocenters. The average molecular weight is 1280 g/mol. The minimum absolute atomic E-state index is 0.0114. The second-order valence-corrected chi connectivity index (χ2v) is 81.6. The summed E-state index contributed by atoms with van der Waals surface area (Å²) in [7, 11) is -25.2. The van der Waals surface area contributed by atoms with Gasteiger partial charge in [-0.2, -0.15) is 0 Å². The largest absolute Gasteiger partial charge is 0.415 e. The molecule has 3 rings (SSSR count). The van der Waals surface area contributed by atoms with Crippen molar-refractivity contribution in [3.8, 4) is 0 Å². The van der Waals surface area contributed by atoms with Crippen molar-refractivity contribution >= 4 is 91.5 Å². The summed E-state index contributed by atoms with van der Waals surface area (Å²) in [5, 5.41) is 0. The predicted octanol–water partition coefficient (Wildman–Crippen LogP) is 12.8. The Balaban J connectivity index is 2.46. The van der Waals surface area contributed by atoms with Crippen LogP contribution in [0.15, 0.2) is 0 Å². The van der Waals surface area contributed by atoms with Crippen molar-refractivity contribution in [2.75, 3.05) is 19.8 Å². The van der Waals surface area contributed by atoms with E-state index in [4.69, 9.17) is 72.4 Å². The van der Waals surface area contributed by atoms with Gasteiger partial charge in [-0.15, -0.1) is 0 Å². The van der Waals surface area contributed by atoms with Gasteiger partial charge in [0.15, 0.2) is 110 Å². The molecule has 0 spiro atoms. The van der Waals surface area contributed by atoms with Crippen molar-refractivity contribution in [3.63, 3.8) is 0 Å². The Morgan fingerprint density at radius 3 is 1.01 bits per heavy atom. The molecule has 0 radical (unpaired) electrons. The molecular formula is C50H118O16Si11. The van der Waals surface area contributed by atoms with E-state index in [2.05, 4.69) is 216 Å². The third-order valence-electron chi connectivity index (χ3n) is 11.0. The third kappa shape index (κ3) is 26.9. The molecule has 0 saturated carbocycles. The zero-order chi connectivity index (χ0) is 59.9. The molecule has 0 amide bonds. The zero-order valence-corrected chi connectivity index (χ0v) is 66.2. The van der Waals surface area contributed by atoms with Gasteiger partial charge >= 0.3 is 0 Å². The molecule has 3 heterocycles. The summed E-state index contributed by atoms with van der Waals surface area (Å²) in [6, 6.07) is 0. The van der Waals surface area contributed by atoms with Crippen LogP contribution in [-0.2, 0) is 72.4 Å². The lowest BCUT2D eigenvalue weighted by molar-refractivity contribution is -0.383. The third-order valence-corrected chi connectivity index (χ3v) is 21.8. The average Bonchev–Trinajstić information content (AvgIpc) is 3.39. The van der Waals surface area contributed by atoms with Crippen LogP contribution in [0.25, 0.3) is 0 Å². The van der Waals surface area contributed by atoms with Gasteiger partial charge < -0.3 is 72.4 Å². The molecule has 0 aromatic rings. The molecule has 0 N–H and O–H groups in total. The second kappa shape index (κ2) is 26.4. The monoisotopic (exact) mass is 1280 g/mol. The Kier molecular flexibility index (Phi) is 25.0. The molecule has 3 aliphatic heterocycles. The van der Waals surface area contributed by atoms with Gasteiger partial charge in [-0.3, -0.25) is 0 Å². The molecule has 27 heteroatoms. The fourth-order valence-corrected chi connectivity index (χ4v) is 19.8. The molecule has 3 aliphatic rings. The van der Waals surface area contributed by atoms with Crippen LogP contribution in [0.3, 0.4) is 0 Å². The normalized spacial score (nSPS) is 32.3. The predicted molar refractivity (Wildman–Crippen MR) is 341 cm³/mol. The van der Waals surface area contributed by atoms with Crippen molar-refractivity contribution in [2.24, 2.45) is 0 Å². The van der Waals surface area contributed by atoms with Gasteiger partial charge in [0.25, 0.3) is 0 Å². The minimum Gasteiger partial charge on any atom is -0.415 e. The Labute approximate surface area is 482 Å². The first-order chi connectivity index (χ1) is 33.9. The number of hydrogen-bond donors (Lipinski definition) is 0. The van der Waals surface area contributed by atoms with Crippen LogP contribution in [0.2, 0.25) is 216 Å². The summed E-state index contributed by atoms with van der Waals surface area (Å²) < 4.78 is 116. The van der Waals surface area contributed by atoms with Gasteiger partial charge in [-0.25, -0.2) is 0 Å². The van der Waals surface area contributed by atoms with Crippen molar-refractivity contribution in [3.05, 3.63) is 0 Å². The lowest BCUT2D eigenvalue weighted by atomic mass is 9.98. The van der Waals surface area contributed by atoms with Gasteiger partial charge in [-0.05, 0) is 216 Å². The van der Waals surface area contributed by atoms with Gasteiger partial charge in [0, 0.05) is 0 Å². The van der Waals surface area contributed by atoms with Crippen molar-refractivity contribution in [2.45, 2.75) is 302 Å². The fraction of sp³-hybridized carbons (Fsp3) is 1.00. The molecule has 0 aliphatic carbocycles. The smallest absolute Gasteiger partial charge is 0.221 e. The van der Waals surface area contributed by atoms with E-state index < -0.39 is 177 Å². The van der Waals surface area contributed by atoms with Gasteiger partial charge in [0.1, 0.15) is 61.0 Å². The van der Waals surface area contributed by atoms with Crippen molar-refractivity contribution in [1.82, 2.24) is 0 Å². The maximum absolute atomic E-state index is 7.78. The zero-order valence-electron chi connectivity index (χ0n) is 55.2. The summed E-state index contributed by atoms with van der Waals surface area (Å²) in [4.78, 5) is 0. The van der Waals surface area contributed by atoms with Crippen LogP contribution < -0.4 is 0 Å². The van der Waals surface area contributed by atoms with Gasteiger partial charge in [0.05, 0.1) is 19.8 Å². The quantitative estimate of drug-likeness (QED) is 0.0654. The summed E-state index contributed by atoms with van der Waals surface area (Å²) in [6.45, 7) is 72.6. The highest BCUT2D eigenvalue weighted by Gasteiger charge is 2.64. The number of ether oxygens (including phenoxy) is 5. The number of hydrogen-bond acceptors (Lipinski definition) is 16. The maximum Gasteiger partial charge on any atom is 0.221 e. The first kappa shape index (κ1) is 73.0. The SMILES string of the molecule is C[Si](C)(C)OC[C@H]1O[C@@](CO[Si](C)(C)C)(OC2OC(COC3O[C@H](O[Si](C)(C)C)[C@H](O[Si](C)(C)C)[C@H](O[Si](C)(C)C)[C@H]3O[Si](C)(C)C)[C@@H](O[Si](C)(C)C)[C@H](O[Si](C)(C)C)[C@H]2O[Si](C)(C)C)[C@H](O[Si](C)(C)C)[C@H]1O[Si](C)(C)C. The molecule has 3 saturated heterocycles. The topological polar surface area (TPSA) is 148 Å². The van der Waals surface area contributed by atoms with Crippen LogP contribution in [0.5, 0.6) is 0 Å². The van der Waals surface area contributed by atoms with E-state index in [1.54, 1.807) is 0 Å². The van der Waals surface area contributed by atoms with Crippen molar-refractivity contribution in [1.29, 1.82) is 0 Å². The van der Waals surface area contributed by atoms with E-state index in [0.29, 0.717) is 6.61 Å². The van der Waals surface area contributed by atoms with E-state index in [1.807, 2.05) is 0 Å². The van der Waals surface area contributed by atoms with E-state index in [9.17, 15) is 0 Å². The molecular weight excluding hydrogens is 1170 g/mol. The Bertz CT molecular complexity index is 1820. The Hall–Kier alpha value is 1.75. The molecule has 77 heavy (non-hydrogen) atoms. The molecule has 0 bridgehead atoms. The van der Waals surface area contributed by atoms with Crippen LogP contribution in [-0.4, -0.2) is 197 Å². The molecule has 16 nitrogen and oxygen atoms in total. The van der Waals surface area contributed by atoms with Gasteiger partial charge in [0.2, 0.25) is 5.79 Å². The first-order valence-electron chi connectivity index (χ1n) is 28.6. The van der Waals surface area contributed by atoms with Crippen LogP contribution in [0.1, 0.15) is 0 Å². The van der Waals surface area contributed by atoms with Crippen molar-refractivity contribution < 1.29 is 72.4 Å². The Morgan fingerprint density at radius 1 is 0.286 bits per heavy atom. The molecule has 458 valence electrons. The van der Waals surface area contributed by atoms with Crippen LogP contribution >= 0.6 is 0 Å². The highest BCUT2D eigenvalue weighted by molar-refractivity contribution is 6.73. The second-order valence-electron chi connectivity index (χ2n) is 32.4. The van der Waals surface area contributed by atoms with E-state index in [1.165, 1.54) is 0 Å². The van der Waals surface area contributed by atoms with E-state index in [-0.39, 0.29) is 13.2 Å². The van der Waals surface area contributed by atoms with Crippen LogP contribution in [0, 0.1) is 0 Å². The summed E-state index contributed by atoms with van der Waals surface area (Å²) >= 11 is 0. The first-order valence-corrected chi connectivity index (χ1v) is 66.1. The van der Waals surface area contributed by atoms with Crippen LogP contribution in [0.4, 0.5) is 0 Å². The van der Waals surface area contributed by atoms with E-state index >= 15 is 0 Å². The molecule has 0 aromatic heterocycles. The number of rotatable bonds is 29. The highest BCUT2D eigenvalue weighted by Crippen LogP contribution is 2.45. The maximum atomic E-state index is 7.78. The standard InChI is InChI=1S/C50H118O16Si11/c1-67(2,3)52-35-38-40(59-70(10,11)12)46(65-76(28,29)30)50(56-38,36-53-68(4,5)6)57-48-44(63-74(22,23)24)41(60-71(13,14)15)39(58-69(7,8)9)37(54-48)34-51-47-43(62-73(19,20)21)42(61-72(16,17)18)45(64-75(25,26)27)49(55-47)66-77(31,32)33/h37-49H,34-36H2,1-33H3/t37?,38-,39-,40+,41+,42-,43-,44-,45-,46-,47?,48?,49-,50+/m1/s1. The molecule has 14 atom stereocenters. The molecule has 3 fully saturated rings. The lowest BCUT2D eigenvalue weighted by Crippen LogP contribution is -2.69.